The smallest absolute Gasteiger partial charge is 0.340 e. The normalized spacial score (nSPS) is 10.4. The highest BCUT2D eigenvalue weighted by Crippen LogP contribution is 2.31. The average Bonchev–Trinajstić information content (AvgIpc) is 2.62. The van der Waals surface area contributed by atoms with Crippen molar-refractivity contribution in [2.75, 3.05) is 7.11 Å². The van der Waals surface area contributed by atoms with Crippen molar-refractivity contribution < 1.29 is 14.6 Å². The van der Waals surface area contributed by atoms with Gasteiger partial charge in [-0.3, -0.25) is 0 Å². The highest BCUT2D eigenvalue weighted by Gasteiger charge is 2.15. The highest BCUT2D eigenvalue weighted by atomic mass is 32.1. The number of carboxylic acids is 1. The summed E-state index contributed by atoms with van der Waals surface area (Å²) in [5.74, 6) is -0.539. The van der Waals surface area contributed by atoms with E-state index < -0.39 is 5.97 Å². The lowest BCUT2D eigenvalue weighted by molar-refractivity contribution is 0.0696. The Bertz CT molecular complexity index is 487. The predicted molar refractivity (Wildman–Crippen MR) is 55.3 cm³/mol. The van der Waals surface area contributed by atoms with Crippen molar-refractivity contribution in [1.29, 1.82) is 0 Å². The van der Waals surface area contributed by atoms with Crippen molar-refractivity contribution in [3.63, 3.8) is 0 Å². The predicted octanol–water partition coefficient (Wildman–Crippen LogP) is 2.61. The molecule has 4 heteroatoms. The molecule has 14 heavy (non-hydrogen) atoms. The van der Waals surface area contributed by atoms with Crippen LogP contribution in [0.2, 0.25) is 0 Å². The van der Waals surface area contributed by atoms with Crippen molar-refractivity contribution >= 4 is 27.4 Å². The average molecular weight is 208 g/mol. The summed E-state index contributed by atoms with van der Waals surface area (Å²) in [6.07, 6.45) is 0. The minimum atomic E-state index is -0.949. The van der Waals surface area contributed by atoms with Gasteiger partial charge in [-0.15, -0.1) is 11.3 Å². The first-order chi connectivity index (χ1) is 6.74. The molecule has 1 aromatic carbocycles. The number of rotatable bonds is 2. The molecule has 0 atom stereocenters. The van der Waals surface area contributed by atoms with Gasteiger partial charge < -0.3 is 9.84 Å². The van der Waals surface area contributed by atoms with Gasteiger partial charge in [0, 0.05) is 0 Å². The Balaban J connectivity index is 2.82. The molecule has 0 bridgehead atoms. The van der Waals surface area contributed by atoms with Gasteiger partial charge in [0.15, 0.2) is 0 Å². The number of ether oxygens (including phenoxy) is 1. The largest absolute Gasteiger partial charge is 0.496 e. The maximum absolute atomic E-state index is 11.0. The van der Waals surface area contributed by atoms with Crippen LogP contribution >= 0.6 is 11.3 Å². The Kier molecular flexibility index (Phi) is 2.13. The van der Waals surface area contributed by atoms with Crippen LogP contribution in [-0.4, -0.2) is 18.2 Å². The fourth-order valence-electron chi connectivity index (χ4n) is 1.39. The fraction of sp³-hybridized carbons (Fsp3) is 0.100. The van der Waals surface area contributed by atoms with E-state index in [9.17, 15) is 4.79 Å². The lowest BCUT2D eigenvalue weighted by Crippen LogP contribution is -2.00. The van der Waals surface area contributed by atoms with E-state index in [2.05, 4.69) is 0 Å². The Morgan fingerprint density at radius 1 is 1.43 bits per heavy atom. The Labute approximate surface area is 84.6 Å². The first-order valence-corrected chi connectivity index (χ1v) is 4.89. The molecule has 0 spiro atoms. The lowest BCUT2D eigenvalue weighted by atomic mass is 10.1. The molecule has 1 aromatic heterocycles. The van der Waals surface area contributed by atoms with Gasteiger partial charge in [-0.2, -0.15) is 0 Å². The number of carboxylic acid groups (broad SMARTS) is 1. The highest BCUT2D eigenvalue weighted by molar-refractivity contribution is 7.17. The van der Waals surface area contributed by atoms with E-state index in [1.165, 1.54) is 18.4 Å². The van der Waals surface area contributed by atoms with E-state index in [-0.39, 0.29) is 5.56 Å². The van der Waals surface area contributed by atoms with Crippen molar-refractivity contribution in [3.8, 4) is 5.75 Å². The topological polar surface area (TPSA) is 46.5 Å². The molecule has 3 nitrogen and oxygen atoms in total. The van der Waals surface area contributed by atoms with Gasteiger partial charge in [0.1, 0.15) is 11.3 Å². The Morgan fingerprint density at radius 2 is 2.21 bits per heavy atom. The summed E-state index contributed by atoms with van der Waals surface area (Å²) in [6.45, 7) is 0. The third-order valence-electron chi connectivity index (χ3n) is 2.02. The monoisotopic (exact) mass is 208 g/mol. The zero-order valence-corrected chi connectivity index (χ0v) is 8.30. The zero-order chi connectivity index (χ0) is 10.1. The molecule has 0 unspecified atom stereocenters. The SMILES string of the molecule is COc1ccc2ccsc2c1C(=O)O. The summed E-state index contributed by atoms with van der Waals surface area (Å²) >= 11 is 1.41. The first-order valence-electron chi connectivity index (χ1n) is 4.01. The molecular formula is C10H8O3S. The van der Waals surface area contributed by atoms with Gasteiger partial charge in [0.05, 0.1) is 11.8 Å². The third kappa shape index (κ3) is 1.24. The molecule has 1 heterocycles. The molecule has 72 valence electrons. The summed E-state index contributed by atoms with van der Waals surface area (Å²) in [4.78, 5) is 11.0. The molecular weight excluding hydrogens is 200 g/mol. The molecule has 0 fully saturated rings. The molecule has 0 aliphatic carbocycles. The van der Waals surface area contributed by atoms with Crippen LogP contribution in [0.5, 0.6) is 5.75 Å². The van der Waals surface area contributed by atoms with E-state index in [0.717, 1.165) is 10.1 Å². The van der Waals surface area contributed by atoms with E-state index >= 15 is 0 Å². The van der Waals surface area contributed by atoms with Crippen LogP contribution in [0.1, 0.15) is 10.4 Å². The summed E-state index contributed by atoms with van der Waals surface area (Å²) in [6, 6.07) is 5.43. The number of carbonyl (C=O) groups is 1. The fourth-order valence-corrected chi connectivity index (χ4v) is 2.32. The van der Waals surface area contributed by atoms with Crippen molar-refractivity contribution in [2.24, 2.45) is 0 Å². The molecule has 2 rings (SSSR count). The van der Waals surface area contributed by atoms with E-state index in [1.807, 2.05) is 17.5 Å². The van der Waals surface area contributed by atoms with Crippen LogP contribution in [0, 0.1) is 0 Å². The number of hydrogen-bond donors (Lipinski definition) is 1. The van der Waals surface area contributed by atoms with Crippen LogP contribution in [-0.2, 0) is 0 Å². The second kappa shape index (κ2) is 3.31. The maximum atomic E-state index is 11.0. The number of benzene rings is 1. The van der Waals surface area contributed by atoms with E-state index in [4.69, 9.17) is 9.84 Å². The molecule has 0 radical (unpaired) electrons. The van der Waals surface area contributed by atoms with E-state index in [0.29, 0.717) is 5.75 Å². The molecule has 0 saturated carbocycles. The minimum absolute atomic E-state index is 0.250. The zero-order valence-electron chi connectivity index (χ0n) is 7.48. The van der Waals surface area contributed by atoms with Crippen LogP contribution in [0.25, 0.3) is 10.1 Å². The molecule has 0 amide bonds. The number of aromatic carboxylic acids is 1. The lowest BCUT2D eigenvalue weighted by Gasteiger charge is -2.04. The Morgan fingerprint density at radius 3 is 2.86 bits per heavy atom. The number of thiophene rings is 1. The van der Waals surface area contributed by atoms with Crippen molar-refractivity contribution in [1.82, 2.24) is 0 Å². The van der Waals surface area contributed by atoms with Gasteiger partial charge in [-0.1, -0.05) is 0 Å². The second-order valence-corrected chi connectivity index (χ2v) is 3.70. The van der Waals surface area contributed by atoms with Crippen molar-refractivity contribution in [3.05, 3.63) is 29.1 Å². The summed E-state index contributed by atoms with van der Waals surface area (Å²) in [5.41, 5.74) is 0.250. The van der Waals surface area contributed by atoms with Crippen LogP contribution in [0.3, 0.4) is 0 Å². The third-order valence-corrected chi connectivity index (χ3v) is 2.96. The minimum Gasteiger partial charge on any atom is -0.496 e. The molecule has 2 aromatic rings. The van der Waals surface area contributed by atoms with Crippen molar-refractivity contribution in [2.45, 2.75) is 0 Å². The second-order valence-electron chi connectivity index (χ2n) is 2.79. The molecule has 1 N–H and O–H groups in total. The van der Waals surface area contributed by atoms with Gasteiger partial charge in [0.25, 0.3) is 0 Å². The van der Waals surface area contributed by atoms with E-state index in [1.54, 1.807) is 6.07 Å². The standard InChI is InChI=1S/C10H8O3S/c1-13-7-3-2-6-4-5-14-9(6)8(7)10(11)12/h2-5H,1H3,(H,11,12). The number of hydrogen-bond acceptors (Lipinski definition) is 3. The molecule has 0 aliphatic rings. The number of fused-ring (bicyclic) bond motifs is 1. The van der Waals surface area contributed by atoms with Gasteiger partial charge in [-0.05, 0) is 29.0 Å². The molecule has 0 aliphatic heterocycles. The first kappa shape index (κ1) is 9.02. The molecule has 0 saturated heterocycles. The Hall–Kier alpha value is -1.55. The summed E-state index contributed by atoms with van der Waals surface area (Å²) < 4.78 is 5.77. The van der Waals surface area contributed by atoms with Gasteiger partial charge in [0.2, 0.25) is 0 Å². The van der Waals surface area contributed by atoms with Gasteiger partial charge >= 0.3 is 5.97 Å². The number of methoxy groups -OCH3 is 1. The quantitative estimate of drug-likeness (QED) is 0.825. The summed E-state index contributed by atoms with van der Waals surface area (Å²) in [5, 5.41) is 11.8. The summed E-state index contributed by atoms with van der Waals surface area (Å²) in [7, 11) is 1.47. The van der Waals surface area contributed by atoms with Crippen LogP contribution in [0.4, 0.5) is 0 Å². The van der Waals surface area contributed by atoms with Crippen LogP contribution in [0.15, 0.2) is 23.6 Å². The van der Waals surface area contributed by atoms with Crippen LogP contribution < -0.4 is 4.74 Å². The maximum Gasteiger partial charge on any atom is 0.340 e. The van der Waals surface area contributed by atoms with Gasteiger partial charge in [-0.25, -0.2) is 4.79 Å².